The Morgan fingerprint density at radius 1 is 1.03 bits per heavy atom. The fourth-order valence-electron chi connectivity index (χ4n) is 8.66. The molecule has 174 valence electrons. The smallest absolute Gasteiger partial charge is 0.320 e. The molecule has 5 heteroatoms. The second-order valence-electron chi connectivity index (χ2n) is 12.0. The lowest BCUT2D eigenvalue weighted by molar-refractivity contribution is -0.186. The van der Waals surface area contributed by atoms with E-state index in [1.807, 2.05) is 0 Å². The molecule has 1 heterocycles. The summed E-state index contributed by atoms with van der Waals surface area (Å²) >= 11 is 0. The van der Waals surface area contributed by atoms with Crippen LogP contribution < -0.4 is 0 Å². The van der Waals surface area contributed by atoms with Crippen molar-refractivity contribution in [3.05, 3.63) is 0 Å². The van der Waals surface area contributed by atoms with E-state index in [1.54, 1.807) is 0 Å². The lowest BCUT2D eigenvalue weighted by Crippen LogP contribution is -2.57. The van der Waals surface area contributed by atoms with Crippen LogP contribution in [0.25, 0.3) is 0 Å². The van der Waals surface area contributed by atoms with Gasteiger partial charge in [-0.15, -0.1) is 0 Å². The van der Waals surface area contributed by atoms with Crippen LogP contribution in [0.3, 0.4) is 0 Å². The third-order valence-corrected chi connectivity index (χ3v) is 10.8. The second kappa shape index (κ2) is 7.83. The van der Waals surface area contributed by atoms with E-state index in [1.165, 1.54) is 25.7 Å². The van der Waals surface area contributed by atoms with Crippen molar-refractivity contribution < 1.29 is 19.1 Å². The maximum absolute atomic E-state index is 12.9. The number of hydrogen-bond acceptors (Lipinski definition) is 5. The Labute approximate surface area is 187 Å². The predicted octanol–water partition coefficient (Wildman–Crippen LogP) is 4.23. The van der Waals surface area contributed by atoms with Crippen LogP contribution in [0.4, 0.5) is 0 Å². The summed E-state index contributed by atoms with van der Waals surface area (Å²) in [5, 5.41) is 0. The lowest BCUT2D eigenvalue weighted by atomic mass is 9.44. The maximum atomic E-state index is 12.9. The first-order chi connectivity index (χ1) is 14.8. The highest BCUT2D eigenvalue weighted by molar-refractivity contribution is 5.79. The van der Waals surface area contributed by atoms with Crippen LogP contribution in [-0.2, 0) is 19.1 Å². The van der Waals surface area contributed by atoms with E-state index in [4.69, 9.17) is 9.47 Å². The van der Waals surface area contributed by atoms with Crippen molar-refractivity contribution in [2.75, 3.05) is 32.8 Å². The Morgan fingerprint density at radius 2 is 1.77 bits per heavy atom. The van der Waals surface area contributed by atoms with Gasteiger partial charge in [-0.2, -0.15) is 0 Å². The number of rotatable bonds is 3. The van der Waals surface area contributed by atoms with Crippen LogP contribution in [0.15, 0.2) is 0 Å². The van der Waals surface area contributed by atoms with Crippen molar-refractivity contribution >= 4 is 11.8 Å². The second-order valence-corrected chi connectivity index (χ2v) is 12.0. The first-order valence-electron chi connectivity index (χ1n) is 12.8. The number of hydrogen-bond donors (Lipinski definition) is 0. The topological polar surface area (TPSA) is 55.8 Å². The number of carbonyl (C=O) groups excluding carboxylic acids is 2. The third kappa shape index (κ3) is 3.49. The molecule has 0 aromatic heterocycles. The molecule has 5 aliphatic rings. The van der Waals surface area contributed by atoms with Gasteiger partial charge in [-0.1, -0.05) is 13.8 Å². The Bertz CT molecular complexity index is 733. The van der Waals surface area contributed by atoms with E-state index < -0.39 is 0 Å². The summed E-state index contributed by atoms with van der Waals surface area (Å²) in [5.41, 5.74) is 0.0545. The Morgan fingerprint density at radius 3 is 2.55 bits per heavy atom. The van der Waals surface area contributed by atoms with E-state index >= 15 is 0 Å². The fourth-order valence-corrected chi connectivity index (χ4v) is 8.66. The van der Waals surface area contributed by atoms with Crippen molar-refractivity contribution in [2.24, 2.45) is 34.5 Å². The third-order valence-electron chi connectivity index (χ3n) is 10.8. The van der Waals surface area contributed by atoms with Gasteiger partial charge in [-0.05, 0) is 81.0 Å². The van der Waals surface area contributed by atoms with E-state index in [-0.39, 0.29) is 17.0 Å². The van der Waals surface area contributed by atoms with Gasteiger partial charge in [0.05, 0.1) is 19.8 Å². The van der Waals surface area contributed by atoms with Crippen molar-refractivity contribution in [3.63, 3.8) is 0 Å². The Kier molecular flexibility index (Phi) is 5.53. The van der Waals surface area contributed by atoms with Crippen LogP contribution in [0.1, 0.15) is 78.6 Å². The number of nitrogens with zero attached hydrogens (tertiary/aromatic N) is 1. The summed E-state index contributed by atoms with van der Waals surface area (Å²) in [6.45, 7) is 10.6. The summed E-state index contributed by atoms with van der Waals surface area (Å²) in [6, 6.07) is 0. The molecule has 1 saturated heterocycles. The summed E-state index contributed by atoms with van der Waals surface area (Å²) in [6.07, 6.45) is 9.72. The van der Waals surface area contributed by atoms with Crippen LogP contribution in [0.5, 0.6) is 0 Å². The highest BCUT2D eigenvalue weighted by Gasteiger charge is 2.64. The van der Waals surface area contributed by atoms with Crippen LogP contribution in [-0.4, -0.2) is 55.1 Å². The molecule has 5 fully saturated rings. The first-order valence-corrected chi connectivity index (χ1v) is 12.8. The average Bonchev–Trinajstić information content (AvgIpc) is 3.00. The molecule has 0 amide bonds. The molecule has 5 rings (SSSR count). The SMILES string of the molecule is CC1(OC(=O)CN2CCOCC2)CC[C@H]2C3CCC4CC(=O)CC[C@]4(C)[C@H]3CC[C@@]21C. The highest BCUT2D eigenvalue weighted by atomic mass is 16.6. The Balaban J connectivity index is 1.30. The molecule has 7 atom stereocenters. The molecule has 0 bridgehead atoms. The van der Waals surface area contributed by atoms with E-state index in [2.05, 4.69) is 25.7 Å². The molecule has 4 aliphatic carbocycles. The molecule has 0 spiro atoms. The molecule has 3 unspecified atom stereocenters. The van der Waals surface area contributed by atoms with Gasteiger partial charge in [0, 0.05) is 31.3 Å². The molecular formula is C26H41NO4. The number of ketones is 1. The zero-order chi connectivity index (χ0) is 21.9. The molecule has 0 N–H and O–H groups in total. The molecule has 0 aromatic rings. The van der Waals surface area contributed by atoms with Gasteiger partial charge in [-0.25, -0.2) is 0 Å². The number of Topliss-reactive ketones (excluding diaryl/α,β-unsaturated/α-hetero) is 1. The first kappa shape index (κ1) is 21.9. The summed E-state index contributed by atoms with van der Waals surface area (Å²) < 4.78 is 11.7. The van der Waals surface area contributed by atoms with E-state index in [9.17, 15) is 9.59 Å². The molecule has 1 aliphatic heterocycles. The molecule has 4 saturated carbocycles. The van der Waals surface area contributed by atoms with Gasteiger partial charge in [0.2, 0.25) is 0 Å². The number of esters is 1. The number of morpholine rings is 1. The number of fused-ring (bicyclic) bond motifs is 5. The number of carbonyl (C=O) groups is 2. The van der Waals surface area contributed by atoms with Gasteiger partial charge >= 0.3 is 5.97 Å². The van der Waals surface area contributed by atoms with Gasteiger partial charge in [-0.3, -0.25) is 14.5 Å². The van der Waals surface area contributed by atoms with Crippen molar-refractivity contribution in [3.8, 4) is 0 Å². The zero-order valence-electron chi connectivity index (χ0n) is 19.8. The van der Waals surface area contributed by atoms with Crippen molar-refractivity contribution in [1.82, 2.24) is 4.90 Å². The fraction of sp³-hybridized carbons (Fsp3) is 0.923. The largest absolute Gasteiger partial charge is 0.458 e. The molecule has 0 aromatic carbocycles. The zero-order valence-corrected chi connectivity index (χ0v) is 19.8. The number of ether oxygens (including phenoxy) is 2. The molecule has 0 radical (unpaired) electrons. The van der Waals surface area contributed by atoms with Gasteiger partial charge < -0.3 is 9.47 Å². The average molecular weight is 432 g/mol. The monoisotopic (exact) mass is 431 g/mol. The highest BCUT2D eigenvalue weighted by Crippen LogP contribution is 2.68. The summed E-state index contributed by atoms with van der Waals surface area (Å²) in [4.78, 5) is 27.2. The van der Waals surface area contributed by atoms with E-state index in [0.717, 1.165) is 57.0 Å². The van der Waals surface area contributed by atoms with Crippen LogP contribution in [0, 0.1) is 34.5 Å². The van der Waals surface area contributed by atoms with E-state index in [0.29, 0.717) is 42.8 Å². The minimum atomic E-state index is -0.355. The van der Waals surface area contributed by atoms with Crippen LogP contribution >= 0.6 is 0 Å². The Hall–Kier alpha value is -0.940. The summed E-state index contributed by atoms with van der Waals surface area (Å²) in [5.74, 6) is 3.13. The van der Waals surface area contributed by atoms with Gasteiger partial charge in [0.15, 0.2) is 0 Å². The van der Waals surface area contributed by atoms with Gasteiger partial charge in [0.1, 0.15) is 11.4 Å². The van der Waals surface area contributed by atoms with Gasteiger partial charge in [0.25, 0.3) is 0 Å². The normalized spacial score (nSPS) is 47.9. The predicted molar refractivity (Wildman–Crippen MR) is 118 cm³/mol. The minimum absolute atomic E-state index is 0.0603. The van der Waals surface area contributed by atoms with Crippen LogP contribution in [0.2, 0.25) is 0 Å². The summed E-state index contributed by atoms with van der Waals surface area (Å²) in [7, 11) is 0. The minimum Gasteiger partial charge on any atom is -0.458 e. The lowest BCUT2D eigenvalue weighted by Gasteiger charge is -2.61. The molecule has 5 nitrogen and oxygen atoms in total. The molecular weight excluding hydrogens is 390 g/mol. The van der Waals surface area contributed by atoms with Crippen molar-refractivity contribution in [2.45, 2.75) is 84.2 Å². The molecule has 31 heavy (non-hydrogen) atoms. The van der Waals surface area contributed by atoms with Crippen molar-refractivity contribution in [1.29, 1.82) is 0 Å². The standard InChI is InChI=1S/C26H41NO4/c1-24-9-6-19(28)16-18(24)4-5-20-21(24)7-10-25(2)22(20)8-11-26(25,3)31-23(29)17-27-12-14-30-15-13-27/h18,20-22H,4-17H2,1-3H3/t18?,20?,21-,22-,24-,25-,26?/m0/s1. The quantitative estimate of drug-likeness (QED) is 0.626. The maximum Gasteiger partial charge on any atom is 0.320 e.